The van der Waals surface area contributed by atoms with Crippen LogP contribution < -0.4 is 5.73 Å². The fourth-order valence-corrected chi connectivity index (χ4v) is 2.19. The summed E-state index contributed by atoms with van der Waals surface area (Å²) in [7, 11) is 0. The van der Waals surface area contributed by atoms with Crippen molar-refractivity contribution >= 4 is 12.6 Å². The van der Waals surface area contributed by atoms with E-state index in [1.165, 1.54) is 0 Å². The van der Waals surface area contributed by atoms with Gasteiger partial charge in [0, 0.05) is 0 Å². The molecule has 0 aromatic heterocycles. The Kier molecular flexibility index (Phi) is 12.1. The van der Waals surface area contributed by atoms with E-state index in [1.54, 1.807) is 0 Å². The van der Waals surface area contributed by atoms with Gasteiger partial charge in [-0.2, -0.15) is 0 Å². The molecule has 0 heterocycles. The van der Waals surface area contributed by atoms with Gasteiger partial charge in [-0.25, -0.2) is 0 Å². The summed E-state index contributed by atoms with van der Waals surface area (Å²) in [5.41, 5.74) is 5.60. The zero-order chi connectivity index (χ0) is 23.7. The molecule has 30 heavy (non-hydrogen) atoms. The number of aliphatic hydroxyl groups is 10. The molecule has 0 saturated heterocycles. The Bertz CT molecular complexity index is 482. The van der Waals surface area contributed by atoms with Gasteiger partial charge in [-0.3, -0.25) is 0 Å². The molecule has 0 aliphatic rings. The smallest absolute Gasteiger partial charge is 0.224 e. The fraction of sp³-hybridized carbons (Fsp3) is 0.867. The standard InChI is InChI=1S/C15H29NO14/c16-7(5-29-14(27,10(23)3-19)12(25)8(21)1-17)6-30-15(28,11(24)4-20)13(26)9(22)2-18/h1-2,7-13,19-28H,3-6,16H2/t8-,9-,10-,11-,12-,13-,14+,15+/m1/s1. The van der Waals surface area contributed by atoms with Crippen molar-refractivity contribution in [3.05, 3.63) is 0 Å². The predicted molar refractivity (Wildman–Crippen MR) is 92.1 cm³/mol. The fourth-order valence-electron chi connectivity index (χ4n) is 2.19. The molecular weight excluding hydrogens is 418 g/mol. The van der Waals surface area contributed by atoms with Gasteiger partial charge in [-0.15, -0.1) is 0 Å². The first kappa shape index (κ1) is 28.8. The Hall–Kier alpha value is -1.18. The predicted octanol–water partition coefficient (Wildman–Crippen LogP) is -7.73. The molecule has 12 N–H and O–H groups in total. The number of aliphatic hydroxyl groups excluding tert-OH is 8. The lowest BCUT2D eigenvalue weighted by atomic mass is 9.99. The molecule has 0 spiro atoms. The van der Waals surface area contributed by atoms with E-state index in [4.69, 9.17) is 25.4 Å². The van der Waals surface area contributed by atoms with E-state index >= 15 is 0 Å². The van der Waals surface area contributed by atoms with Crippen molar-refractivity contribution in [3.8, 4) is 0 Å². The van der Waals surface area contributed by atoms with Gasteiger partial charge in [0.15, 0.2) is 12.6 Å². The molecule has 0 aromatic carbocycles. The Morgan fingerprint density at radius 1 is 0.733 bits per heavy atom. The van der Waals surface area contributed by atoms with Gasteiger partial charge in [0.1, 0.15) is 36.6 Å². The van der Waals surface area contributed by atoms with Gasteiger partial charge in [0.25, 0.3) is 0 Å². The first-order valence-electron chi connectivity index (χ1n) is 8.54. The third-order valence-corrected chi connectivity index (χ3v) is 4.13. The van der Waals surface area contributed by atoms with E-state index in [2.05, 4.69) is 0 Å². The minimum absolute atomic E-state index is 0.178. The Morgan fingerprint density at radius 2 is 1.03 bits per heavy atom. The molecule has 0 fully saturated rings. The van der Waals surface area contributed by atoms with Crippen molar-refractivity contribution in [3.63, 3.8) is 0 Å². The lowest BCUT2D eigenvalue weighted by molar-refractivity contribution is -0.326. The molecule has 8 atom stereocenters. The second-order valence-electron chi connectivity index (χ2n) is 6.43. The van der Waals surface area contributed by atoms with Crippen molar-refractivity contribution in [2.45, 2.75) is 54.2 Å². The molecule has 15 heteroatoms. The first-order chi connectivity index (χ1) is 13.8. The highest BCUT2D eigenvalue weighted by Crippen LogP contribution is 2.23. The van der Waals surface area contributed by atoms with Crippen LogP contribution in [-0.4, -0.2) is 144 Å². The van der Waals surface area contributed by atoms with E-state index in [-0.39, 0.29) is 12.6 Å². The summed E-state index contributed by atoms with van der Waals surface area (Å²) in [6.07, 6.45) is -14.0. The number of hydrogen-bond donors (Lipinski definition) is 11. The second-order valence-corrected chi connectivity index (χ2v) is 6.43. The van der Waals surface area contributed by atoms with E-state index in [0.717, 1.165) is 0 Å². The van der Waals surface area contributed by atoms with Crippen LogP contribution in [0.2, 0.25) is 0 Å². The van der Waals surface area contributed by atoms with Crippen LogP contribution in [0.25, 0.3) is 0 Å². The summed E-state index contributed by atoms with van der Waals surface area (Å²) in [6, 6.07) is -1.37. The molecular formula is C15H29NO14. The zero-order valence-corrected chi connectivity index (χ0v) is 15.7. The lowest BCUT2D eigenvalue weighted by Gasteiger charge is -2.39. The second kappa shape index (κ2) is 12.6. The van der Waals surface area contributed by atoms with Crippen LogP contribution in [0, 0.1) is 0 Å². The molecule has 0 aromatic rings. The maximum Gasteiger partial charge on any atom is 0.224 e. The van der Waals surface area contributed by atoms with Crippen molar-refractivity contribution in [2.24, 2.45) is 5.73 Å². The van der Waals surface area contributed by atoms with Crippen LogP contribution in [0.1, 0.15) is 0 Å². The van der Waals surface area contributed by atoms with Crippen molar-refractivity contribution in [1.82, 2.24) is 0 Å². The number of nitrogens with two attached hydrogens (primary N) is 1. The number of ether oxygens (including phenoxy) is 2. The summed E-state index contributed by atoms with van der Waals surface area (Å²) in [4.78, 5) is 21.2. The molecule has 0 radical (unpaired) electrons. The number of hydrogen-bond acceptors (Lipinski definition) is 15. The van der Waals surface area contributed by atoms with Crippen molar-refractivity contribution in [2.75, 3.05) is 26.4 Å². The SMILES string of the molecule is NC(CO[C@@](O)([C@H](O)CO)[C@H](O)[C@H](O)C=O)CO[C@@](O)([C@H](O)CO)[C@H](O)[C@H](O)C=O. The van der Waals surface area contributed by atoms with Gasteiger partial charge in [-0.1, -0.05) is 0 Å². The Labute approximate surface area is 170 Å². The van der Waals surface area contributed by atoms with E-state index in [0.29, 0.717) is 0 Å². The molecule has 0 bridgehead atoms. The van der Waals surface area contributed by atoms with Crippen LogP contribution in [0.5, 0.6) is 0 Å². The molecule has 0 unspecified atom stereocenters. The average Bonchev–Trinajstić information content (AvgIpc) is 2.77. The van der Waals surface area contributed by atoms with E-state index < -0.39 is 80.7 Å². The number of carbonyl (C=O) groups is 2. The molecule has 0 rings (SSSR count). The Balaban J connectivity index is 5.24. The third kappa shape index (κ3) is 6.92. The maximum absolute atomic E-state index is 10.6. The minimum Gasteiger partial charge on any atom is -0.393 e. The molecule has 0 amide bonds. The molecule has 0 aliphatic heterocycles. The lowest BCUT2D eigenvalue weighted by Crippen LogP contribution is -2.62. The van der Waals surface area contributed by atoms with Crippen LogP contribution >= 0.6 is 0 Å². The van der Waals surface area contributed by atoms with Crippen LogP contribution in [0.3, 0.4) is 0 Å². The summed E-state index contributed by atoms with van der Waals surface area (Å²) >= 11 is 0. The molecule has 178 valence electrons. The quantitative estimate of drug-likeness (QED) is 0.0773. The number of carbonyl (C=O) groups excluding carboxylic acids is 2. The molecule has 0 aliphatic carbocycles. The summed E-state index contributed by atoms with van der Waals surface area (Å²) in [5, 5.41) is 95.9. The van der Waals surface area contributed by atoms with E-state index in [1.807, 2.05) is 0 Å². The largest absolute Gasteiger partial charge is 0.393 e. The molecule has 15 nitrogen and oxygen atoms in total. The zero-order valence-electron chi connectivity index (χ0n) is 15.7. The summed E-state index contributed by atoms with van der Waals surface area (Å²) < 4.78 is 9.64. The van der Waals surface area contributed by atoms with Gasteiger partial charge in [-0.05, 0) is 0 Å². The molecule has 0 saturated carbocycles. The normalized spacial score (nSPS) is 22.3. The minimum atomic E-state index is -3.07. The van der Waals surface area contributed by atoms with Crippen molar-refractivity contribution in [1.29, 1.82) is 0 Å². The van der Waals surface area contributed by atoms with Crippen LogP contribution in [-0.2, 0) is 19.1 Å². The van der Waals surface area contributed by atoms with E-state index in [9.17, 15) is 50.4 Å². The van der Waals surface area contributed by atoms with Gasteiger partial charge >= 0.3 is 0 Å². The topological polar surface area (TPSA) is 281 Å². The Morgan fingerprint density at radius 3 is 1.27 bits per heavy atom. The number of rotatable bonds is 16. The summed E-state index contributed by atoms with van der Waals surface area (Å²) in [5.74, 6) is -6.14. The average molecular weight is 447 g/mol. The number of aldehydes is 2. The monoisotopic (exact) mass is 447 g/mol. The van der Waals surface area contributed by atoms with Crippen molar-refractivity contribution < 1.29 is 70.1 Å². The van der Waals surface area contributed by atoms with Gasteiger partial charge in [0.05, 0.1) is 32.5 Å². The van der Waals surface area contributed by atoms with Gasteiger partial charge in [0.2, 0.25) is 11.6 Å². The van der Waals surface area contributed by atoms with Crippen LogP contribution in [0.4, 0.5) is 0 Å². The summed E-state index contributed by atoms with van der Waals surface area (Å²) in [6.45, 7) is -3.98. The highest BCUT2D eigenvalue weighted by Gasteiger charge is 2.49. The van der Waals surface area contributed by atoms with Crippen LogP contribution in [0.15, 0.2) is 0 Å². The first-order valence-corrected chi connectivity index (χ1v) is 8.54. The third-order valence-electron chi connectivity index (χ3n) is 4.13. The highest BCUT2D eigenvalue weighted by molar-refractivity contribution is 5.57. The highest BCUT2D eigenvalue weighted by atomic mass is 16.7. The maximum atomic E-state index is 10.6. The van der Waals surface area contributed by atoms with Gasteiger partial charge < -0.3 is 75.9 Å².